The van der Waals surface area contributed by atoms with Gasteiger partial charge in [0.25, 0.3) is 0 Å². The monoisotopic (exact) mass is 293 g/mol. The first-order valence-corrected chi connectivity index (χ1v) is 7.98. The molecular weight excluding hydrogens is 270 g/mol. The molecule has 22 heavy (non-hydrogen) atoms. The zero-order chi connectivity index (χ0) is 15.2. The van der Waals surface area contributed by atoms with Gasteiger partial charge in [0.2, 0.25) is 0 Å². The largest absolute Gasteiger partial charge is 0.497 e. The molecule has 2 aromatic carbocycles. The molecule has 0 aromatic heterocycles. The third-order valence-corrected chi connectivity index (χ3v) is 4.24. The highest BCUT2D eigenvalue weighted by molar-refractivity contribution is 5.71. The Balaban J connectivity index is 1.75. The molecule has 2 heteroatoms. The number of nitrogens with one attached hydrogen (secondary N) is 1. The number of ether oxygens (including phenoxy) is 1. The van der Waals surface area contributed by atoms with E-state index in [1.807, 2.05) is 6.07 Å². The second kappa shape index (κ2) is 7.28. The fourth-order valence-corrected chi connectivity index (χ4v) is 3.05. The summed E-state index contributed by atoms with van der Waals surface area (Å²) >= 11 is 0. The minimum absolute atomic E-state index is 0.418. The van der Waals surface area contributed by atoms with Crippen LogP contribution < -0.4 is 10.1 Å². The Morgan fingerprint density at radius 2 is 1.95 bits per heavy atom. The Bertz CT molecular complexity index is 633. The van der Waals surface area contributed by atoms with E-state index in [2.05, 4.69) is 59.9 Å². The molecule has 0 heterocycles. The summed E-state index contributed by atoms with van der Waals surface area (Å²) in [6.45, 7) is 0.910. The first-order valence-electron chi connectivity index (χ1n) is 7.98. The third kappa shape index (κ3) is 3.58. The van der Waals surface area contributed by atoms with Crippen molar-refractivity contribution in [1.82, 2.24) is 5.32 Å². The molecule has 1 aliphatic rings. The standard InChI is InChI=1S/C20H23NO/c1-22-18-11-7-10-17(14-18)19-12-5-6-13-20(19)21-15-16-8-3-2-4-9-16/h2-4,7-12,14,20-21H,5-6,13,15H2,1H3/t20-/m0/s1. The van der Waals surface area contributed by atoms with E-state index in [1.165, 1.54) is 29.5 Å². The Labute approximate surface area is 132 Å². The molecule has 0 bridgehead atoms. The van der Waals surface area contributed by atoms with Gasteiger partial charge in [-0.15, -0.1) is 0 Å². The number of allylic oxidation sites excluding steroid dienone is 1. The molecule has 0 unspecified atom stereocenters. The average molecular weight is 293 g/mol. The van der Waals surface area contributed by atoms with E-state index in [-0.39, 0.29) is 0 Å². The molecule has 1 atom stereocenters. The van der Waals surface area contributed by atoms with Crippen LogP contribution in [-0.2, 0) is 6.54 Å². The topological polar surface area (TPSA) is 21.3 Å². The molecule has 0 amide bonds. The Kier molecular flexibility index (Phi) is 4.92. The van der Waals surface area contributed by atoms with E-state index < -0.39 is 0 Å². The second-order valence-corrected chi connectivity index (χ2v) is 5.74. The SMILES string of the molecule is COc1cccc(C2=CCCC[C@@H]2NCc2ccccc2)c1. The van der Waals surface area contributed by atoms with E-state index in [0.717, 1.165) is 18.7 Å². The lowest BCUT2D eigenvalue weighted by atomic mass is 9.89. The van der Waals surface area contributed by atoms with Gasteiger partial charge in [0, 0.05) is 12.6 Å². The summed E-state index contributed by atoms with van der Waals surface area (Å²) in [4.78, 5) is 0. The minimum atomic E-state index is 0.418. The molecule has 114 valence electrons. The summed E-state index contributed by atoms with van der Waals surface area (Å²) in [6, 6.07) is 19.4. The molecule has 0 saturated heterocycles. The van der Waals surface area contributed by atoms with Crippen molar-refractivity contribution in [3.8, 4) is 5.75 Å². The van der Waals surface area contributed by atoms with Crippen molar-refractivity contribution in [2.75, 3.05) is 7.11 Å². The maximum atomic E-state index is 5.36. The molecule has 1 aliphatic carbocycles. The molecule has 0 spiro atoms. The molecule has 0 fully saturated rings. The van der Waals surface area contributed by atoms with E-state index in [4.69, 9.17) is 4.74 Å². The van der Waals surface area contributed by atoms with E-state index in [1.54, 1.807) is 7.11 Å². The van der Waals surface area contributed by atoms with Crippen LogP contribution in [0, 0.1) is 0 Å². The van der Waals surface area contributed by atoms with Crippen molar-refractivity contribution in [2.24, 2.45) is 0 Å². The first-order chi connectivity index (χ1) is 10.9. The summed E-state index contributed by atoms with van der Waals surface area (Å²) in [7, 11) is 1.72. The molecule has 2 aromatic rings. The maximum Gasteiger partial charge on any atom is 0.119 e. The Hall–Kier alpha value is -2.06. The van der Waals surface area contributed by atoms with Crippen LogP contribution in [0.15, 0.2) is 60.7 Å². The number of rotatable bonds is 5. The highest BCUT2D eigenvalue weighted by Gasteiger charge is 2.18. The van der Waals surface area contributed by atoms with Gasteiger partial charge in [-0.3, -0.25) is 0 Å². The molecular formula is C20H23NO. The number of hydrogen-bond acceptors (Lipinski definition) is 2. The lowest BCUT2D eigenvalue weighted by Gasteiger charge is -2.26. The van der Waals surface area contributed by atoms with Crippen LogP contribution in [0.4, 0.5) is 0 Å². The van der Waals surface area contributed by atoms with Crippen LogP contribution >= 0.6 is 0 Å². The fourth-order valence-electron chi connectivity index (χ4n) is 3.05. The van der Waals surface area contributed by atoms with Gasteiger partial charge >= 0.3 is 0 Å². The maximum absolute atomic E-state index is 5.36. The van der Waals surface area contributed by atoms with E-state index >= 15 is 0 Å². The van der Waals surface area contributed by atoms with Crippen LogP contribution in [0.25, 0.3) is 5.57 Å². The smallest absolute Gasteiger partial charge is 0.119 e. The van der Waals surface area contributed by atoms with Gasteiger partial charge in [0.15, 0.2) is 0 Å². The lowest BCUT2D eigenvalue weighted by molar-refractivity contribution is 0.414. The average Bonchev–Trinajstić information content (AvgIpc) is 2.61. The van der Waals surface area contributed by atoms with Gasteiger partial charge in [-0.2, -0.15) is 0 Å². The summed E-state index contributed by atoms with van der Waals surface area (Å²) in [6.07, 6.45) is 5.98. The molecule has 0 saturated carbocycles. The molecule has 2 nitrogen and oxygen atoms in total. The van der Waals surface area contributed by atoms with Crippen LogP contribution in [0.1, 0.15) is 30.4 Å². The van der Waals surface area contributed by atoms with E-state index in [9.17, 15) is 0 Å². The zero-order valence-corrected chi connectivity index (χ0v) is 13.1. The lowest BCUT2D eigenvalue weighted by Crippen LogP contribution is -2.31. The summed E-state index contributed by atoms with van der Waals surface area (Å²) < 4.78 is 5.36. The summed E-state index contributed by atoms with van der Waals surface area (Å²) in [5, 5.41) is 3.71. The number of methoxy groups -OCH3 is 1. The van der Waals surface area contributed by atoms with Gasteiger partial charge in [0.1, 0.15) is 5.75 Å². The van der Waals surface area contributed by atoms with Gasteiger partial charge < -0.3 is 10.1 Å². The van der Waals surface area contributed by atoms with Crippen molar-refractivity contribution in [3.05, 3.63) is 71.8 Å². The number of benzene rings is 2. The predicted octanol–water partition coefficient (Wildman–Crippen LogP) is 4.42. The Morgan fingerprint density at radius 3 is 2.77 bits per heavy atom. The van der Waals surface area contributed by atoms with Crippen LogP contribution in [0.3, 0.4) is 0 Å². The first kappa shape index (κ1) is 14.9. The molecule has 0 radical (unpaired) electrons. The Morgan fingerprint density at radius 1 is 1.09 bits per heavy atom. The third-order valence-electron chi connectivity index (χ3n) is 4.24. The van der Waals surface area contributed by atoms with Crippen molar-refractivity contribution in [2.45, 2.75) is 31.8 Å². The quantitative estimate of drug-likeness (QED) is 0.881. The summed E-state index contributed by atoms with van der Waals surface area (Å²) in [5.74, 6) is 0.922. The van der Waals surface area contributed by atoms with Gasteiger partial charge in [0.05, 0.1) is 7.11 Å². The van der Waals surface area contributed by atoms with Crippen molar-refractivity contribution < 1.29 is 4.74 Å². The normalized spacial score (nSPS) is 17.9. The van der Waals surface area contributed by atoms with Crippen LogP contribution in [0.2, 0.25) is 0 Å². The highest BCUT2D eigenvalue weighted by Crippen LogP contribution is 2.29. The summed E-state index contributed by atoms with van der Waals surface area (Å²) in [5.41, 5.74) is 4.00. The fraction of sp³-hybridized carbons (Fsp3) is 0.300. The van der Waals surface area contributed by atoms with Crippen molar-refractivity contribution in [1.29, 1.82) is 0 Å². The number of hydrogen-bond donors (Lipinski definition) is 1. The molecule has 3 rings (SSSR count). The van der Waals surface area contributed by atoms with Gasteiger partial charge in [-0.05, 0) is 48.1 Å². The highest BCUT2D eigenvalue weighted by atomic mass is 16.5. The molecule has 0 aliphatic heterocycles. The molecule has 1 N–H and O–H groups in total. The van der Waals surface area contributed by atoms with Gasteiger partial charge in [-0.1, -0.05) is 48.5 Å². The van der Waals surface area contributed by atoms with E-state index in [0.29, 0.717) is 6.04 Å². The van der Waals surface area contributed by atoms with Crippen molar-refractivity contribution in [3.63, 3.8) is 0 Å². The second-order valence-electron chi connectivity index (χ2n) is 5.74. The van der Waals surface area contributed by atoms with Crippen LogP contribution in [-0.4, -0.2) is 13.2 Å². The minimum Gasteiger partial charge on any atom is -0.497 e. The zero-order valence-electron chi connectivity index (χ0n) is 13.1. The predicted molar refractivity (Wildman–Crippen MR) is 91.9 cm³/mol. The van der Waals surface area contributed by atoms with Crippen LogP contribution in [0.5, 0.6) is 5.75 Å². The van der Waals surface area contributed by atoms with Crippen molar-refractivity contribution >= 4 is 5.57 Å². The van der Waals surface area contributed by atoms with Gasteiger partial charge in [-0.25, -0.2) is 0 Å².